The Labute approximate surface area is 98.8 Å². The average molecular weight is 247 g/mol. The van der Waals surface area contributed by atoms with Gasteiger partial charge in [0.15, 0.2) is 0 Å². The van der Waals surface area contributed by atoms with Crippen LogP contribution in [0.1, 0.15) is 20.8 Å². The fraction of sp³-hybridized carbons (Fsp3) is 0.778. The SMILES string of the molecule is CC(C)(C)OC(=O)NCCNC(=O)C[N+](=O)[O-]. The summed E-state index contributed by atoms with van der Waals surface area (Å²) < 4.78 is 4.94. The molecule has 0 aromatic rings. The number of nitro groups is 1. The summed E-state index contributed by atoms with van der Waals surface area (Å²) in [6.45, 7) is 4.68. The van der Waals surface area contributed by atoms with Gasteiger partial charge in [0.05, 0.1) is 0 Å². The van der Waals surface area contributed by atoms with Crippen molar-refractivity contribution in [2.45, 2.75) is 26.4 Å². The smallest absolute Gasteiger partial charge is 0.407 e. The Hall–Kier alpha value is -1.86. The number of ether oxygens (including phenoxy) is 1. The van der Waals surface area contributed by atoms with E-state index >= 15 is 0 Å². The molecule has 2 amide bonds. The lowest BCUT2D eigenvalue weighted by Gasteiger charge is -2.19. The maximum Gasteiger partial charge on any atom is 0.407 e. The quantitative estimate of drug-likeness (QED) is 0.400. The Bertz CT molecular complexity index is 297. The molecule has 8 nitrogen and oxygen atoms in total. The van der Waals surface area contributed by atoms with E-state index in [1.165, 1.54) is 0 Å². The molecule has 0 aromatic carbocycles. The van der Waals surface area contributed by atoms with Crippen molar-refractivity contribution in [3.8, 4) is 0 Å². The number of rotatable bonds is 5. The largest absolute Gasteiger partial charge is 0.444 e. The van der Waals surface area contributed by atoms with Crippen LogP contribution in [0.25, 0.3) is 0 Å². The van der Waals surface area contributed by atoms with Gasteiger partial charge in [-0.05, 0) is 20.8 Å². The molecule has 0 saturated carbocycles. The summed E-state index contributed by atoms with van der Waals surface area (Å²) in [4.78, 5) is 31.2. The maximum atomic E-state index is 11.1. The maximum absolute atomic E-state index is 11.1. The van der Waals surface area contributed by atoms with Gasteiger partial charge in [-0.2, -0.15) is 0 Å². The van der Waals surface area contributed by atoms with Crippen LogP contribution in [0.2, 0.25) is 0 Å². The second-order valence-electron chi connectivity index (χ2n) is 4.27. The summed E-state index contributed by atoms with van der Waals surface area (Å²) in [5.41, 5.74) is -0.584. The first-order valence-electron chi connectivity index (χ1n) is 5.06. The fourth-order valence-electron chi connectivity index (χ4n) is 0.854. The molecule has 0 rings (SSSR count). The van der Waals surface area contributed by atoms with Crippen molar-refractivity contribution in [3.63, 3.8) is 0 Å². The number of amides is 2. The number of carbonyl (C=O) groups excluding carboxylic acids is 2. The summed E-state index contributed by atoms with van der Waals surface area (Å²) in [5, 5.41) is 14.6. The zero-order chi connectivity index (χ0) is 13.5. The molecule has 0 aliphatic rings. The number of alkyl carbamates (subject to hydrolysis) is 1. The minimum atomic E-state index is -0.771. The van der Waals surface area contributed by atoms with Crippen LogP contribution in [0.5, 0.6) is 0 Å². The van der Waals surface area contributed by atoms with Crippen LogP contribution in [0.15, 0.2) is 0 Å². The second-order valence-corrected chi connectivity index (χ2v) is 4.27. The van der Waals surface area contributed by atoms with Crippen LogP contribution in [0.4, 0.5) is 4.79 Å². The summed E-state index contributed by atoms with van der Waals surface area (Å²) >= 11 is 0. The highest BCUT2D eigenvalue weighted by atomic mass is 16.6. The van der Waals surface area contributed by atoms with Gasteiger partial charge in [0, 0.05) is 18.0 Å². The van der Waals surface area contributed by atoms with E-state index < -0.39 is 29.1 Å². The lowest BCUT2D eigenvalue weighted by Crippen LogP contribution is -2.39. The first-order valence-corrected chi connectivity index (χ1v) is 5.06. The molecule has 0 radical (unpaired) electrons. The molecule has 0 fully saturated rings. The fourth-order valence-corrected chi connectivity index (χ4v) is 0.854. The highest BCUT2D eigenvalue weighted by Gasteiger charge is 2.15. The van der Waals surface area contributed by atoms with Crippen LogP contribution in [0, 0.1) is 10.1 Å². The third-order valence-corrected chi connectivity index (χ3v) is 1.39. The van der Waals surface area contributed by atoms with Crippen molar-refractivity contribution in [2.24, 2.45) is 0 Å². The molecule has 0 heterocycles. The molecule has 17 heavy (non-hydrogen) atoms. The predicted molar refractivity (Wildman–Crippen MR) is 59.1 cm³/mol. The van der Waals surface area contributed by atoms with Gasteiger partial charge in [-0.15, -0.1) is 0 Å². The average Bonchev–Trinajstić information content (AvgIpc) is 2.08. The van der Waals surface area contributed by atoms with Crippen LogP contribution >= 0.6 is 0 Å². The van der Waals surface area contributed by atoms with Gasteiger partial charge in [-0.1, -0.05) is 0 Å². The van der Waals surface area contributed by atoms with Crippen molar-refractivity contribution < 1.29 is 19.2 Å². The van der Waals surface area contributed by atoms with E-state index in [1.807, 2.05) is 0 Å². The van der Waals surface area contributed by atoms with E-state index in [9.17, 15) is 19.7 Å². The third-order valence-electron chi connectivity index (χ3n) is 1.39. The van der Waals surface area contributed by atoms with Crippen LogP contribution in [-0.2, 0) is 9.53 Å². The first-order chi connectivity index (χ1) is 7.70. The molecule has 98 valence electrons. The molecule has 2 N–H and O–H groups in total. The Morgan fingerprint density at radius 3 is 2.24 bits per heavy atom. The van der Waals surface area contributed by atoms with E-state index in [0.29, 0.717) is 0 Å². The van der Waals surface area contributed by atoms with Crippen molar-refractivity contribution in [1.29, 1.82) is 0 Å². The molecular formula is C9H17N3O5. The van der Waals surface area contributed by atoms with Crippen LogP contribution in [-0.4, -0.2) is 42.2 Å². The Kier molecular flexibility index (Phi) is 5.94. The summed E-state index contributed by atoms with van der Waals surface area (Å²) in [5.74, 6) is -0.694. The lowest BCUT2D eigenvalue weighted by atomic mass is 10.2. The standard InChI is InChI=1S/C9H17N3O5/c1-9(2,3)17-8(14)11-5-4-10-7(13)6-12(15)16/h4-6H2,1-3H3,(H,10,13)(H,11,14). The Morgan fingerprint density at radius 2 is 1.76 bits per heavy atom. The van der Waals surface area contributed by atoms with Gasteiger partial charge in [-0.25, -0.2) is 4.79 Å². The van der Waals surface area contributed by atoms with Gasteiger partial charge in [0.2, 0.25) is 0 Å². The van der Waals surface area contributed by atoms with Gasteiger partial charge < -0.3 is 15.4 Å². The summed E-state index contributed by atoms with van der Waals surface area (Å²) in [6.07, 6.45) is -0.596. The topological polar surface area (TPSA) is 111 Å². The number of hydrogen-bond acceptors (Lipinski definition) is 5. The summed E-state index contributed by atoms with van der Waals surface area (Å²) in [7, 11) is 0. The molecule has 8 heteroatoms. The monoisotopic (exact) mass is 247 g/mol. The highest BCUT2D eigenvalue weighted by molar-refractivity contribution is 5.76. The highest BCUT2D eigenvalue weighted by Crippen LogP contribution is 2.05. The van der Waals surface area contributed by atoms with E-state index in [1.54, 1.807) is 20.8 Å². The Balaban J connectivity index is 3.61. The van der Waals surface area contributed by atoms with Gasteiger partial charge in [0.1, 0.15) is 5.60 Å². The van der Waals surface area contributed by atoms with Crippen molar-refractivity contribution in [1.82, 2.24) is 10.6 Å². The van der Waals surface area contributed by atoms with E-state index in [2.05, 4.69) is 10.6 Å². The number of hydrogen-bond donors (Lipinski definition) is 2. The van der Waals surface area contributed by atoms with E-state index in [-0.39, 0.29) is 13.1 Å². The number of carbonyl (C=O) groups is 2. The van der Waals surface area contributed by atoms with Crippen LogP contribution in [0.3, 0.4) is 0 Å². The van der Waals surface area contributed by atoms with E-state index in [4.69, 9.17) is 4.74 Å². The van der Waals surface area contributed by atoms with Gasteiger partial charge in [0.25, 0.3) is 12.5 Å². The molecule has 0 atom stereocenters. The first kappa shape index (κ1) is 15.1. The van der Waals surface area contributed by atoms with Crippen molar-refractivity contribution in [3.05, 3.63) is 10.1 Å². The normalized spacial score (nSPS) is 10.5. The minimum absolute atomic E-state index is 0.117. The molecule has 0 aliphatic heterocycles. The zero-order valence-corrected chi connectivity index (χ0v) is 10.1. The third kappa shape index (κ3) is 10.4. The minimum Gasteiger partial charge on any atom is -0.444 e. The molecule has 0 aromatic heterocycles. The second kappa shape index (κ2) is 6.66. The Morgan fingerprint density at radius 1 is 1.24 bits per heavy atom. The molecule has 0 saturated heterocycles. The molecular weight excluding hydrogens is 230 g/mol. The predicted octanol–water partition coefficient (Wildman–Crippen LogP) is -0.0960. The summed E-state index contributed by atoms with van der Waals surface area (Å²) in [6, 6.07) is 0. The molecule has 0 spiro atoms. The number of nitrogens with zero attached hydrogens (tertiary/aromatic N) is 1. The van der Waals surface area contributed by atoms with Gasteiger partial charge >= 0.3 is 6.09 Å². The number of nitrogens with one attached hydrogen (secondary N) is 2. The van der Waals surface area contributed by atoms with Crippen LogP contribution < -0.4 is 10.6 Å². The molecule has 0 aliphatic carbocycles. The van der Waals surface area contributed by atoms with Gasteiger partial charge in [-0.3, -0.25) is 14.9 Å². The van der Waals surface area contributed by atoms with Crippen molar-refractivity contribution in [2.75, 3.05) is 19.6 Å². The lowest BCUT2D eigenvalue weighted by molar-refractivity contribution is -0.467. The van der Waals surface area contributed by atoms with Crippen molar-refractivity contribution >= 4 is 12.0 Å². The molecule has 0 unspecified atom stereocenters. The van der Waals surface area contributed by atoms with E-state index in [0.717, 1.165) is 0 Å². The molecule has 0 bridgehead atoms. The zero-order valence-electron chi connectivity index (χ0n) is 10.1.